The molecule has 1 rings (SSSR count). The van der Waals surface area contributed by atoms with Gasteiger partial charge in [-0.3, -0.25) is 0 Å². The summed E-state index contributed by atoms with van der Waals surface area (Å²) in [4.78, 5) is 9.86. The van der Waals surface area contributed by atoms with Crippen LogP contribution in [0.2, 0.25) is 0 Å². The number of nitrogens with zero attached hydrogens (tertiary/aromatic N) is 2. The fourth-order valence-corrected chi connectivity index (χ4v) is 0.349. The van der Waals surface area contributed by atoms with Crippen molar-refractivity contribution >= 4 is 12.2 Å². The van der Waals surface area contributed by atoms with Gasteiger partial charge in [0.25, 0.3) is 0 Å². The first-order valence-electron chi connectivity index (χ1n) is 1.74. The summed E-state index contributed by atoms with van der Waals surface area (Å²) in [6.45, 7) is 0. The Hall–Kier alpha value is -0.810. The molecule has 0 spiro atoms. The number of nitrogens with one attached hydrogen (secondary N) is 1. The Kier molecular flexibility index (Phi) is 2.90. The van der Waals surface area contributed by atoms with Crippen molar-refractivity contribution in [1.82, 2.24) is 15.0 Å². The summed E-state index contributed by atoms with van der Waals surface area (Å²) in [6, 6.07) is 0. The van der Waals surface area contributed by atoms with Crippen LogP contribution in [-0.2, 0) is 0 Å². The van der Waals surface area contributed by atoms with Crippen molar-refractivity contribution in [2.75, 3.05) is 0 Å². The van der Waals surface area contributed by atoms with Gasteiger partial charge in [0.15, 0.2) is 4.77 Å². The smallest absolute Gasteiger partial charge is 0.199 e. The van der Waals surface area contributed by atoms with E-state index in [0.717, 1.165) is 0 Å². The quantitative estimate of drug-likeness (QED) is 0.492. The van der Waals surface area contributed by atoms with E-state index in [4.69, 9.17) is 0 Å². The Morgan fingerprint density at radius 2 is 2.38 bits per heavy atom. The Labute approximate surface area is 50.9 Å². The molecule has 0 amide bonds. The summed E-state index contributed by atoms with van der Waals surface area (Å²) < 4.78 is 0.468. The second-order valence-corrected chi connectivity index (χ2v) is 1.36. The van der Waals surface area contributed by atoms with Crippen molar-refractivity contribution in [3.63, 3.8) is 0 Å². The van der Waals surface area contributed by atoms with Gasteiger partial charge in [-0.15, -0.1) is 0 Å². The van der Waals surface area contributed by atoms with Crippen molar-refractivity contribution < 1.29 is 5.48 Å². The first kappa shape index (κ1) is 7.19. The first-order valence-corrected chi connectivity index (χ1v) is 2.15. The molecule has 0 aromatic carbocycles. The number of H-pyrrole nitrogens is 1. The predicted molar refractivity (Wildman–Crippen MR) is 30.8 cm³/mol. The van der Waals surface area contributed by atoms with Crippen LogP contribution in [0.3, 0.4) is 0 Å². The molecule has 4 nitrogen and oxygen atoms in total. The average molecular weight is 131 g/mol. The molecule has 1 aromatic rings. The monoisotopic (exact) mass is 131 g/mol. The highest BCUT2D eigenvalue weighted by molar-refractivity contribution is 7.71. The molecular formula is C3H5N3OS. The number of rotatable bonds is 0. The number of hydrogen-bond donors (Lipinski definition) is 1. The Morgan fingerprint density at radius 3 is 2.62 bits per heavy atom. The van der Waals surface area contributed by atoms with Crippen molar-refractivity contribution in [2.24, 2.45) is 0 Å². The maximum absolute atomic E-state index is 4.61. The lowest BCUT2D eigenvalue weighted by Crippen LogP contribution is -1.78. The molecule has 3 N–H and O–H groups in total. The lowest BCUT2D eigenvalue weighted by molar-refractivity contribution is 0.824. The van der Waals surface area contributed by atoms with Gasteiger partial charge >= 0.3 is 0 Å². The molecule has 0 aliphatic heterocycles. The molecule has 0 fully saturated rings. The van der Waals surface area contributed by atoms with E-state index >= 15 is 0 Å². The molecule has 0 unspecified atom stereocenters. The third-order valence-corrected chi connectivity index (χ3v) is 0.727. The average Bonchev–Trinajstić information content (AvgIpc) is 1.69. The predicted octanol–water partition coefficient (Wildman–Crippen LogP) is -0.291. The summed E-state index contributed by atoms with van der Waals surface area (Å²) in [5, 5.41) is 0. The van der Waals surface area contributed by atoms with E-state index in [1.54, 1.807) is 0 Å². The Bertz CT molecular complexity index is 180. The van der Waals surface area contributed by atoms with Crippen LogP contribution in [0.4, 0.5) is 0 Å². The summed E-state index contributed by atoms with van der Waals surface area (Å²) >= 11 is 4.61. The second kappa shape index (κ2) is 3.23. The van der Waals surface area contributed by atoms with Gasteiger partial charge in [-0.05, 0) is 12.2 Å². The van der Waals surface area contributed by atoms with Gasteiger partial charge in [0.2, 0.25) is 0 Å². The highest BCUT2D eigenvalue weighted by atomic mass is 32.1. The summed E-state index contributed by atoms with van der Waals surface area (Å²) in [5.74, 6) is 0. The fourth-order valence-electron chi connectivity index (χ4n) is 0.249. The van der Waals surface area contributed by atoms with E-state index in [1.807, 2.05) is 0 Å². The zero-order valence-corrected chi connectivity index (χ0v) is 4.77. The largest absolute Gasteiger partial charge is 0.412 e. The lowest BCUT2D eigenvalue weighted by atomic mass is 11.1. The van der Waals surface area contributed by atoms with Gasteiger partial charge in [0.1, 0.15) is 6.33 Å². The van der Waals surface area contributed by atoms with Crippen LogP contribution in [0.5, 0.6) is 0 Å². The van der Waals surface area contributed by atoms with Crippen LogP contribution in [0, 0.1) is 4.77 Å². The molecule has 44 valence electrons. The van der Waals surface area contributed by atoms with Crippen LogP contribution >= 0.6 is 12.2 Å². The van der Waals surface area contributed by atoms with E-state index in [0.29, 0.717) is 4.77 Å². The zero-order valence-electron chi connectivity index (χ0n) is 3.96. The molecule has 1 heterocycles. The van der Waals surface area contributed by atoms with Gasteiger partial charge in [-0.1, -0.05) is 0 Å². The first-order chi connectivity index (χ1) is 3.39. The van der Waals surface area contributed by atoms with E-state index in [2.05, 4.69) is 27.2 Å². The molecule has 0 aliphatic rings. The molecule has 0 radical (unpaired) electrons. The third kappa shape index (κ3) is 1.76. The third-order valence-electron chi connectivity index (χ3n) is 0.504. The molecule has 8 heavy (non-hydrogen) atoms. The van der Waals surface area contributed by atoms with Gasteiger partial charge < -0.3 is 10.5 Å². The number of aromatic amines is 1. The zero-order chi connectivity index (χ0) is 5.11. The van der Waals surface area contributed by atoms with Gasteiger partial charge in [0, 0.05) is 0 Å². The highest BCUT2D eigenvalue weighted by Crippen LogP contribution is 1.68. The lowest BCUT2D eigenvalue weighted by Gasteiger charge is -1.75. The second-order valence-electron chi connectivity index (χ2n) is 0.972. The van der Waals surface area contributed by atoms with Crippen LogP contribution < -0.4 is 0 Å². The standard InChI is InChI=1S/C3H3N3S.H2O/c7-3-5-1-4-2-6-3;/h1-2H,(H,4,5,6,7);1H2. The van der Waals surface area contributed by atoms with Crippen LogP contribution in [0.15, 0.2) is 12.7 Å². The Morgan fingerprint density at radius 1 is 1.62 bits per heavy atom. The molecule has 0 bridgehead atoms. The minimum Gasteiger partial charge on any atom is -0.412 e. The molecular weight excluding hydrogens is 126 g/mol. The van der Waals surface area contributed by atoms with Crippen molar-refractivity contribution in [3.05, 3.63) is 17.4 Å². The van der Waals surface area contributed by atoms with E-state index in [-0.39, 0.29) is 5.48 Å². The number of aromatic nitrogens is 3. The highest BCUT2D eigenvalue weighted by Gasteiger charge is 1.67. The maximum Gasteiger partial charge on any atom is 0.199 e. The Balaban J connectivity index is 0.000000490. The molecule has 0 aliphatic carbocycles. The maximum atomic E-state index is 4.61. The normalized spacial score (nSPS) is 7.50. The fraction of sp³-hybridized carbons (Fsp3) is 0. The summed E-state index contributed by atoms with van der Waals surface area (Å²) in [5.41, 5.74) is 0. The van der Waals surface area contributed by atoms with E-state index in [9.17, 15) is 0 Å². The van der Waals surface area contributed by atoms with Crippen LogP contribution in [-0.4, -0.2) is 20.4 Å². The summed E-state index contributed by atoms with van der Waals surface area (Å²) in [7, 11) is 0. The van der Waals surface area contributed by atoms with Crippen molar-refractivity contribution in [1.29, 1.82) is 0 Å². The molecule has 1 aromatic heterocycles. The van der Waals surface area contributed by atoms with E-state index < -0.39 is 0 Å². The molecule has 0 saturated carbocycles. The topological polar surface area (TPSA) is 73.1 Å². The van der Waals surface area contributed by atoms with Crippen molar-refractivity contribution in [2.45, 2.75) is 0 Å². The van der Waals surface area contributed by atoms with Crippen molar-refractivity contribution in [3.8, 4) is 0 Å². The van der Waals surface area contributed by atoms with Gasteiger partial charge in [-0.25, -0.2) is 9.97 Å². The van der Waals surface area contributed by atoms with E-state index in [1.165, 1.54) is 12.7 Å². The van der Waals surface area contributed by atoms with Crippen LogP contribution in [0.1, 0.15) is 0 Å². The molecule has 5 heteroatoms. The summed E-state index contributed by atoms with van der Waals surface area (Å²) in [6.07, 6.45) is 2.90. The van der Waals surface area contributed by atoms with Crippen LogP contribution in [0.25, 0.3) is 0 Å². The molecule has 0 atom stereocenters. The SMILES string of the molecule is O.S=c1ncnc[nH]1. The number of hydrogen-bond acceptors (Lipinski definition) is 3. The minimum absolute atomic E-state index is 0. The minimum atomic E-state index is 0. The van der Waals surface area contributed by atoms with Gasteiger partial charge in [-0.2, -0.15) is 0 Å². The molecule has 0 saturated heterocycles. The van der Waals surface area contributed by atoms with Gasteiger partial charge in [0.05, 0.1) is 6.33 Å².